The summed E-state index contributed by atoms with van der Waals surface area (Å²) in [7, 11) is 0. The minimum absolute atomic E-state index is 0.0297. The van der Waals surface area contributed by atoms with E-state index in [9.17, 15) is 19.5 Å². The molecule has 2 amide bonds. The van der Waals surface area contributed by atoms with Gasteiger partial charge >= 0.3 is 5.97 Å². The second-order valence-electron chi connectivity index (χ2n) is 11.6. The molecule has 5 rings (SSSR count). The Morgan fingerprint density at radius 1 is 1.16 bits per heavy atom. The van der Waals surface area contributed by atoms with E-state index in [2.05, 4.69) is 20.1 Å². The van der Waals surface area contributed by atoms with Gasteiger partial charge in [-0.2, -0.15) is 0 Å². The smallest absolute Gasteiger partial charge is 0.310 e. The minimum atomic E-state index is -0.923. The van der Waals surface area contributed by atoms with Crippen molar-refractivity contribution in [3.63, 3.8) is 0 Å². The van der Waals surface area contributed by atoms with E-state index in [1.165, 1.54) is 0 Å². The largest absolute Gasteiger partial charge is 0.465 e. The van der Waals surface area contributed by atoms with Crippen LogP contribution in [0.4, 0.5) is 5.69 Å². The van der Waals surface area contributed by atoms with Crippen molar-refractivity contribution < 1.29 is 24.2 Å². The Morgan fingerprint density at radius 3 is 2.53 bits per heavy atom. The number of allylic oxidation sites excluding steroid dienone is 1. The van der Waals surface area contributed by atoms with Crippen LogP contribution in [0.3, 0.4) is 0 Å². The highest BCUT2D eigenvalue weighted by atomic mass is 35.5. The molecular formula is C34H39ClN2O5S. The van der Waals surface area contributed by atoms with Crippen LogP contribution in [0.25, 0.3) is 0 Å². The molecule has 0 saturated carbocycles. The summed E-state index contributed by atoms with van der Waals surface area (Å²) in [6, 6.07) is 14.6. The summed E-state index contributed by atoms with van der Waals surface area (Å²) in [5.74, 6) is -2.37. The van der Waals surface area contributed by atoms with Gasteiger partial charge in [-0.3, -0.25) is 14.4 Å². The predicted octanol–water partition coefficient (Wildman–Crippen LogP) is 5.83. The number of thioether (sulfide) groups is 1. The van der Waals surface area contributed by atoms with E-state index in [-0.39, 0.29) is 48.7 Å². The first kappa shape index (κ1) is 31.4. The van der Waals surface area contributed by atoms with Gasteiger partial charge in [0.25, 0.3) is 5.91 Å². The number of aliphatic hydroxyl groups is 1. The van der Waals surface area contributed by atoms with Crippen LogP contribution in [0, 0.1) is 17.8 Å². The molecule has 0 radical (unpaired) electrons. The number of carbonyl (C=O) groups excluding carboxylic acids is 3. The van der Waals surface area contributed by atoms with E-state index in [0.717, 1.165) is 18.4 Å². The van der Waals surface area contributed by atoms with Crippen LogP contribution in [0.5, 0.6) is 0 Å². The second kappa shape index (κ2) is 13.3. The molecule has 0 aliphatic carbocycles. The van der Waals surface area contributed by atoms with Crippen LogP contribution in [0.15, 0.2) is 79.9 Å². The first-order valence-corrected chi connectivity index (χ1v) is 16.2. The fourth-order valence-electron chi connectivity index (χ4n) is 7.25. The van der Waals surface area contributed by atoms with Crippen molar-refractivity contribution in [3.05, 3.63) is 90.5 Å². The Bertz CT molecular complexity index is 1350. The van der Waals surface area contributed by atoms with Crippen LogP contribution in [-0.4, -0.2) is 63.6 Å². The quantitative estimate of drug-likeness (QED) is 0.172. The van der Waals surface area contributed by atoms with Crippen molar-refractivity contribution in [2.75, 3.05) is 24.7 Å². The maximum absolute atomic E-state index is 14.9. The molecule has 1 N–H and O–H groups in total. The van der Waals surface area contributed by atoms with Crippen LogP contribution in [0.2, 0.25) is 5.02 Å². The monoisotopic (exact) mass is 622 g/mol. The molecule has 3 heterocycles. The zero-order chi connectivity index (χ0) is 30.7. The lowest BCUT2D eigenvalue weighted by atomic mass is 9.66. The van der Waals surface area contributed by atoms with Gasteiger partial charge in [-0.25, -0.2) is 0 Å². The number of likely N-dealkylation sites (tertiary alicyclic amines) is 1. The highest BCUT2D eigenvalue weighted by molar-refractivity contribution is 8.02. The van der Waals surface area contributed by atoms with E-state index in [4.69, 9.17) is 16.3 Å². The third kappa shape index (κ3) is 5.54. The highest BCUT2D eigenvalue weighted by Crippen LogP contribution is 2.69. The fraction of sp³-hybridized carbons (Fsp3) is 0.441. The molecule has 3 saturated heterocycles. The first-order valence-electron chi connectivity index (χ1n) is 14.9. The molecule has 7 nitrogen and oxygen atoms in total. The summed E-state index contributed by atoms with van der Waals surface area (Å²) in [6.07, 6.45) is 6.61. The molecule has 2 aromatic rings. The van der Waals surface area contributed by atoms with E-state index >= 15 is 0 Å². The van der Waals surface area contributed by atoms with Crippen LogP contribution in [-0.2, 0) is 19.1 Å². The van der Waals surface area contributed by atoms with Crippen molar-refractivity contribution >= 4 is 46.8 Å². The predicted molar refractivity (Wildman–Crippen MR) is 171 cm³/mol. The number of ether oxygens (including phenoxy) is 1. The molecule has 2 aromatic carbocycles. The van der Waals surface area contributed by atoms with Crippen molar-refractivity contribution in [2.45, 2.75) is 54.7 Å². The number of hydrogen-bond donors (Lipinski definition) is 1. The van der Waals surface area contributed by atoms with E-state index in [1.807, 2.05) is 36.4 Å². The number of esters is 1. The Kier molecular flexibility index (Phi) is 9.69. The summed E-state index contributed by atoms with van der Waals surface area (Å²) in [4.78, 5) is 46.4. The summed E-state index contributed by atoms with van der Waals surface area (Å²) in [5.41, 5.74) is 1.35. The summed E-state index contributed by atoms with van der Waals surface area (Å²) < 4.78 is 4.89. The topological polar surface area (TPSA) is 87.1 Å². The van der Waals surface area contributed by atoms with Gasteiger partial charge in [-0.15, -0.1) is 24.9 Å². The normalized spacial score (nSPS) is 27.9. The fourth-order valence-corrected chi connectivity index (χ4v) is 9.77. The van der Waals surface area contributed by atoms with Gasteiger partial charge in [0.1, 0.15) is 6.04 Å². The number of unbranched alkanes of at least 4 members (excludes halogenated alkanes) is 2. The number of benzene rings is 2. The van der Waals surface area contributed by atoms with Crippen LogP contribution >= 0.6 is 23.4 Å². The average Bonchev–Trinajstić information content (AvgIpc) is 3.61. The number of hydrogen-bond acceptors (Lipinski definition) is 6. The lowest BCUT2D eigenvalue weighted by Crippen LogP contribution is -2.58. The molecule has 0 aromatic heterocycles. The lowest BCUT2D eigenvalue weighted by Gasteiger charge is -2.42. The average molecular weight is 623 g/mol. The molecule has 7 atom stereocenters. The molecule has 9 heteroatoms. The van der Waals surface area contributed by atoms with E-state index < -0.39 is 28.7 Å². The van der Waals surface area contributed by atoms with Crippen molar-refractivity contribution in [2.24, 2.45) is 17.8 Å². The number of rotatable bonds is 13. The summed E-state index contributed by atoms with van der Waals surface area (Å²) in [5, 5.41) is 11.2. The third-order valence-corrected chi connectivity index (χ3v) is 11.5. The molecular weight excluding hydrogens is 584 g/mol. The zero-order valence-electron chi connectivity index (χ0n) is 24.4. The maximum atomic E-state index is 14.9. The van der Waals surface area contributed by atoms with E-state index in [0.29, 0.717) is 23.6 Å². The van der Waals surface area contributed by atoms with Crippen molar-refractivity contribution in [3.8, 4) is 0 Å². The number of halogens is 1. The number of aliphatic hydroxyl groups excluding tert-OH is 1. The Morgan fingerprint density at radius 2 is 1.88 bits per heavy atom. The molecule has 2 bridgehead atoms. The van der Waals surface area contributed by atoms with Crippen LogP contribution in [0.1, 0.15) is 44.2 Å². The van der Waals surface area contributed by atoms with Crippen molar-refractivity contribution in [1.29, 1.82) is 0 Å². The van der Waals surface area contributed by atoms with Gasteiger partial charge in [-0.05, 0) is 61.4 Å². The summed E-state index contributed by atoms with van der Waals surface area (Å²) in [6.45, 7) is 9.82. The first-order chi connectivity index (χ1) is 20.8. The van der Waals surface area contributed by atoms with Gasteiger partial charge < -0.3 is 19.6 Å². The molecule has 43 heavy (non-hydrogen) atoms. The molecule has 3 fully saturated rings. The van der Waals surface area contributed by atoms with Crippen LogP contribution < -0.4 is 4.90 Å². The Balaban J connectivity index is 1.58. The molecule has 228 valence electrons. The van der Waals surface area contributed by atoms with Gasteiger partial charge in [0, 0.05) is 22.5 Å². The third-order valence-electron chi connectivity index (χ3n) is 9.15. The zero-order valence-corrected chi connectivity index (χ0v) is 26.0. The standard InChI is InChI=1S/C34H39ClN2O5S/c1-4-6-7-11-19-42-33(41)28-27-20-22(3)34(43-27)29(28)31(39)37(26(21-38)23-12-9-8-10-13-23)30(34)32(40)36(18-5-2)25-16-14-24(35)15-17-25/h4-5,8-10,12-17,22,26-30,38H,1-2,6-7,11,18-21H2,3H3/t22?,26-,27-,28+,29+,30?,34?/m1/s1. The number of fused-ring (bicyclic) bond motifs is 1. The number of carbonyl (C=O) groups is 3. The van der Waals surface area contributed by atoms with E-state index in [1.54, 1.807) is 51.9 Å². The Labute approximate surface area is 262 Å². The van der Waals surface area contributed by atoms with Crippen molar-refractivity contribution in [1.82, 2.24) is 4.90 Å². The minimum Gasteiger partial charge on any atom is -0.465 e. The molecule has 3 unspecified atom stereocenters. The SMILES string of the molecule is C=CCCCCOC(=O)[C@@H]1[C@H]2C(=O)N([C@H](CO)c3ccccc3)C(C(=O)N(CC=C)c3ccc(Cl)cc3)C23S[C@@H]1CC3C. The maximum Gasteiger partial charge on any atom is 0.310 e. The second-order valence-corrected chi connectivity index (χ2v) is 13.6. The molecule has 1 spiro atoms. The molecule has 3 aliphatic heterocycles. The number of amides is 2. The van der Waals surface area contributed by atoms with Gasteiger partial charge in [0.2, 0.25) is 5.91 Å². The highest BCUT2D eigenvalue weighted by Gasteiger charge is 2.77. The molecule has 3 aliphatic rings. The van der Waals surface area contributed by atoms with Gasteiger partial charge in [0.05, 0.1) is 35.8 Å². The summed E-state index contributed by atoms with van der Waals surface area (Å²) >= 11 is 7.75. The number of nitrogens with zero attached hydrogens (tertiary/aromatic N) is 2. The van der Waals surface area contributed by atoms with Gasteiger partial charge in [0.15, 0.2) is 0 Å². The number of anilines is 1. The Hall–Kier alpha value is -3.07. The van der Waals surface area contributed by atoms with Gasteiger partial charge in [-0.1, -0.05) is 61.0 Å². The lowest BCUT2D eigenvalue weighted by molar-refractivity contribution is -0.155.